The SMILES string of the molecule is CN(CCC(=O)C(C)(C)C)CCS(C)(=O)=O. The molecule has 0 heterocycles. The molecule has 0 amide bonds. The van der Waals surface area contributed by atoms with Crippen LogP contribution in [0.25, 0.3) is 0 Å². The van der Waals surface area contributed by atoms with Gasteiger partial charge in [-0.2, -0.15) is 0 Å². The molecule has 16 heavy (non-hydrogen) atoms. The molecular formula is C11H23NO3S. The molecule has 0 aromatic rings. The Morgan fingerprint density at radius 1 is 1.19 bits per heavy atom. The number of rotatable bonds is 6. The molecule has 4 nitrogen and oxygen atoms in total. The van der Waals surface area contributed by atoms with Gasteiger partial charge in [-0.05, 0) is 7.05 Å². The molecule has 0 saturated carbocycles. The van der Waals surface area contributed by atoms with Crippen molar-refractivity contribution in [3.05, 3.63) is 0 Å². The number of Topliss-reactive ketones (excluding diaryl/α,β-unsaturated/α-hetero) is 1. The third-order valence-corrected chi connectivity index (χ3v) is 3.33. The molecule has 0 saturated heterocycles. The van der Waals surface area contributed by atoms with Crippen molar-refractivity contribution < 1.29 is 13.2 Å². The van der Waals surface area contributed by atoms with Gasteiger partial charge in [-0.1, -0.05) is 20.8 Å². The van der Waals surface area contributed by atoms with Crippen LogP contribution in [0.15, 0.2) is 0 Å². The van der Waals surface area contributed by atoms with Crippen molar-refractivity contribution in [1.82, 2.24) is 4.90 Å². The smallest absolute Gasteiger partial charge is 0.148 e. The fourth-order valence-electron chi connectivity index (χ4n) is 1.10. The molecular weight excluding hydrogens is 226 g/mol. The van der Waals surface area contributed by atoms with E-state index in [4.69, 9.17) is 0 Å². The van der Waals surface area contributed by atoms with Gasteiger partial charge >= 0.3 is 0 Å². The Morgan fingerprint density at radius 3 is 2.06 bits per heavy atom. The van der Waals surface area contributed by atoms with Crippen LogP contribution in [-0.4, -0.2) is 51.2 Å². The van der Waals surface area contributed by atoms with E-state index in [0.717, 1.165) is 0 Å². The van der Waals surface area contributed by atoms with Gasteiger partial charge in [0.1, 0.15) is 15.6 Å². The van der Waals surface area contributed by atoms with Crippen molar-refractivity contribution in [2.24, 2.45) is 5.41 Å². The molecule has 0 aliphatic carbocycles. The monoisotopic (exact) mass is 249 g/mol. The highest BCUT2D eigenvalue weighted by atomic mass is 32.2. The van der Waals surface area contributed by atoms with E-state index < -0.39 is 9.84 Å². The number of sulfone groups is 1. The van der Waals surface area contributed by atoms with Gasteiger partial charge < -0.3 is 4.90 Å². The lowest BCUT2D eigenvalue weighted by molar-refractivity contribution is -0.126. The van der Waals surface area contributed by atoms with E-state index in [9.17, 15) is 13.2 Å². The third kappa shape index (κ3) is 7.82. The van der Waals surface area contributed by atoms with Crippen molar-refractivity contribution in [1.29, 1.82) is 0 Å². The summed E-state index contributed by atoms with van der Waals surface area (Å²) >= 11 is 0. The van der Waals surface area contributed by atoms with Crippen molar-refractivity contribution in [3.63, 3.8) is 0 Å². The topological polar surface area (TPSA) is 54.5 Å². The lowest BCUT2D eigenvalue weighted by Gasteiger charge is -2.20. The molecule has 5 heteroatoms. The molecule has 0 aliphatic rings. The maximum Gasteiger partial charge on any atom is 0.148 e. The molecule has 0 aromatic carbocycles. The first-order valence-electron chi connectivity index (χ1n) is 5.42. The Morgan fingerprint density at radius 2 is 1.69 bits per heavy atom. The average molecular weight is 249 g/mol. The second-order valence-corrected chi connectivity index (χ2v) is 7.62. The Bertz CT molecular complexity index is 328. The van der Waals surface area contributed by atoms with Crippen molar-refractivity contribution in [3.8, 4) is 0 Å². The zero-order chi connectivity index (χ0) is 13.0. The quantitative estimate of drug-likeness (QED) is 0.704. The van der Waals surface area contributed by atoms with Crippen LogP contribution in [0.1, 0.15) is 27.2 Å². The summed E-state index contributed by atoms with van der Waals surface area (Å²) in [4.78, 5) is 13.5. The normalized spacial score (nSPS) is 13.1. The van der Waals surface area contributed by atoms with Crippen LogP contribution in [0.3, 0.4) is 0 Å². The van der Waals surface area contributed by atoms with Crippen molar-refractivity contribution >= 4 is 15.6 Å². The van der Waals surface area contributed by atoms with Crippen LogP contribution in [-0.2, 0) is 14.6 Å². The first-order chi connectivity index (χ1) is 7.02. The average Bonchev–Trinajstić information content (AvgIpc) is 2.08. The lowest BCUT2D eigenvalue weighted by Crippen LogP contribution is -2.30. The molecule has 0 unspecified atom stereocenters. The van der Waals surface area contributed by atoms with Gasteiger partial charge in [0.05, 0.1) is 5.75 Å². The first kappa shape index (κ1) is 15.6. The molecule has 96 valence electrons. The second-order valence-electron chi connectivity index (χ2n) is 5.36. The molecule has 0 aromatic heterocycles. The van der Waals surface area contributed by atoms with Gasteiger partial charge in [0.15, 0.2) is 0 Å². The first-order valence-corrected chi connectivity index (χ1v) is 7.48. The minimum Gasteiger partial charge on any atom is -0.305 e. The minimum atomic E-state index is -2.91. The van der Waals surface area contributed by atoms with Crippen LogP contribution in [0.4, 0.5) is 0 Å². The van der Waals surface area contributed by atoms with Crippen LogP contribution in [0.2, 0.25) is 0 Å². The Balaban J connectivity index is 3.91. The largest absolute Gasteiger partial charge is 0.305 e. The summed E-state index contributed by atoms with van der Waals surface area (Å²) < 4.78 is 21.9. The standard InChI is InChI=1S/C11H23NO3S/c1-11(2,3)10(13)6-7-12(4)8-9-16(5,14)15/h6-9H2,1-5H3. The Hall–Kier alpha value is -0.420. The number of hydrogen-bond donors (Lipinski definition) is 0. The second kappa shape index (κ2) is 5.77. The number of carbonyl (C=O) groups is 1. The van der Waals surface area contributed by atoms with E-state index in [-0.39, 0.29) is 17.0 Å². The molecule has 0 aliphatic heterocycles. The van der Waals surface area contributed by atoms with Gasteiger partial charge in [0.2, 0.25) is 0 Å². The number of hydrogen-bond acceptors (Lipinski definition) is 4. The summed E-state index contributed by atoms with van der Waals surface area (Å²) in [5.41, 5.74) is -0.308. The highest BCUT2D eigenvalue weighted by Crippen LogP contribution is 2.16. The predicted molar refractivity (Wildman–Crippen MR) is 66.3 cm³/mol. The molecule has 0 N–H and O–H groups in total. The number of nitrogens with zero attached hydrogens (tertiary/aromatic N) is 1. The van der Waals surface area contributed by atoms with E-state index in [2.05, 4.69) is 0 Å². The summed E-state index contributed by atoms with van der Waals surface area (Å²) in [6.45, 7) is 6.78. The van der Waals surface area contributed by atoms with Gasteiger partial charge in [-0.25, -0.2) is 8.42 Å². The summed E-state index contributed by atoms with van der Waals surface area (Å²) in [5.74, 6) is 0.353. The van der Waals surface area contributed by atoms with E-state index in [0.29, 0.717) is 19.5 Å². The van der Waals surface area contributed by atoms with Crippen molar-refractivity contribution in [2.45, 2.75) is 27.2 Å². The Labute approximate surface area is 98.9 Å². The minimum absolute atomic E-state index is 0.146. The fraction of sp³-hybridized carbons (Fsp3) is 0.909. The van der Waals surface area contributed by atoms with Gasteiger partial charge in [-0.15, -0.1) is 0 Å². The maximum atomic E-state index is 11.6. The van der Waals surface area contributed by atoms with Gasteiger partial charge in [0, 0.05) is 31.2 Å². The fourth-order valence-corrected chi connectivity index (χ4v) is 1.74. The Kier molecular flexibility index (Phi) is 5.62. The van der Waals surface area contributed by atoms with Crippen LogP contribution in [0.5, 0.6) is 0 Å². The summed E-state index contributed by atoms with van der Waals surface area (Å²) in [5, 5.41) is 0. The van der Waals surface area contributed by atoms with Gasteiger partial charge in [-0.3, -0.25) is 4.79 Å². The summed E-state index contributed by atoms with van der Waals surface area (Å²) in [6, 6.07) is 0. The van der Waals surface area contributed by atoms with E-state index >= 15 is 0 Å². The van der Waals surface area contributed by atoms with E-state index in [1.165, 1.54) is 6.26 Å². The van der Waals surface area contributed by atoms with Gasteiger partial charge in [0.25, 0.3) is 0 Å². The summed E-state index contributed by atoms with van der Waals surface area (Å²) in [7, 11) is -1.08. The van der Waals surface area contributed by atoms with E-state index in [1.54, 1.807) is 0 Å². The molecule has 0 spiro atoms. The number of ketones is 1. The summed E-state index contributed by atoms with van der Waals surface area (Å²) in [6.07, 6.45) is 1.70. The third-order valence-electron chi connectivity index (χ3n) is 2.40. The van der Waals surface area contributed by atoms with Crippen LogP contribution in [0, 0.1) is 5.41 Å². The van der Waals surface area contributed by atoms with E-state index in [1.807, 2.05) is 32.7 Å². The lowest BCUT2D eigenvalue weighted by atomic mass is 9.89. The highest BCUT2D eigenvalue weighted by Gasteiger charge is 2.20. The molecule has 0 rings (SSSR count). The zero-order valence-electron chi connectivity index (χ0n) is 10.9. The van der Waals surface area contributed by atoms with Crippen LogP contribution < -0.4 is 0 Å². The molecule has 0 fully saturated rings. The zero-order valence-corrected chi connectivity index (χ0v) is 11.7. The van der Waals surface area contributed by atoms with Crippen molar-refractivity contribution in [2.75, 3.05) is 32.1 Å². The number of carbonyl (C=O) groups excluding carboxylic acids is 1. The highest BCUT2D eigenvalue weighted by molar-refractivity contribution is 7.90. The molecule has 0 atom stereocenters. The predicted octanol–water partition coefficient (Wildman–Crippen LogP) is 0.968. The molecule has 0 radical (unpaired) electrons. The molecule has 0 bridgehead atoms. The maximum absolute atomic E-state index is 11.6. The van der Waals surface area contributed by atoms with Crippen LogP contribution >= 0.6 is 0 Å².